The van der Waals surface area contributed by atoms with E-state index in [0.717, 1.165) is 38.8 Å². The highest BCUT2D eigenvalue weighted by atomic mass is 32.2. The van der Waals surface area contributed by atoms with Crippen LogP contribution in [0, 0.1) is 13.8 Å². The van der Waals surface area contributed by atoms with Crippen molar-refractivity contribution in [2.75, 3.05) is 0 Å². The van der Waals surface area contributed by atoms with Crippen molar-refractivity contribution < 1.29 is 4.74 Å². The zero-order chi connectivity index (χ0) is 20.4. The molecule has 2 aromatic carbocycles. The Kier molecular flexibility index (Phi) is 5.40. The molecule has 0 aliphatic carbocycles. The molecule has 0 saturated heterocycles. The van der Waals surface area contributed by atoms with E-state index < -0.39 is 0 Å². The number of hydrogen-bond donors (Lipinski definition) is 1. The quantitative estimate of drug-likeness (QED) is 0.487. The number of thioether (sulfide) groups is 1. The lowest BCUT2D eigenvalue weighted by Gasteiger charge is -2.10. The zero-order valence-electron chi connectivity index (χ0n) is 16.6. The summed E-state index contributed by atoms with van der Waals surface area (Å²) in [6, 6.07) is 15.5. The predicted octanol–water partition coefficient (Wildman–Crippen LogP) is 4.14. The van der Waals surface area contributed by atoms with E-state index in [1.807, 2.05) is 48.9 Å². The van der Waals surface area contributed by atoms with E-state index >= 15 is 0 Å². The minimum Gasteiger partial charge on any atom is -0.486 e. The second-order valence-corrected chi connectivity index (χ2v) is 7.95. The molecule has 0 radical (unpaired) electrons. The first-order chi connectivity index (χ1) is 14.0. The first-order valence-electron chi connectivity index (χ1n) is 9.33. The Labute approximate surface area is 172 Å². The summed E-state index contributed by atoms with van der Waals surface area (Å²) in [6.45, 7) is 4.43. The molecule has 0 saturated carbocycles. The van der Waals surface area contributed by atoms with Crippen LogP contribution in [0.5, 0.6) is 5.75 Å². The van der Waals surface area contributed by atoms with Crippen LogP contribution < -0.4 is 10.3 Å². The van der Waals surface area contributed by atoms with E-state index in [0.29, 0.717) is 12.4 Å². The highest BCUT2D eigenvalue weighted by Gasteiger charge is 2.12. The van der Waals surface area contributed by atoms with Crippen LogP contribution in [0.1, 0.15) is 22.5 Å². The minimum absolute atomic E-state index is 0.0880. The van der Waals surface area contributed by atoms with Gasteiger partial charge in [0.15, 0.2) is 11.0 Å². The third-order valence-corrected chi connectivity index (χ3v) is 5.84. The van der Waals surface area contributed by atoms with E-state index in [9.17, 15) is 4.79 Å². The second kappa shape index (κ2) is 8.13. The van der Waals surface area contributed by atoms with E-state index in [1.54, 1.807) is 17.8 Å². The van der Waals surface area contributed by atoms with Crippen molar-refractivity contribution in [2.24, 2.45) is 7.05 Å². The molecule has 0 unspecified atom stereocenters. The van der Waals surface area contributed by atoms with Gasteiger partial charge >= 0.3 is 0 Å². The van der Waals surface area contributed by atoms with E-state index in [1.165, 1.54) is 5.56 Å². The number of rotatable bonds is 6. The highest BCUT2D eigenvalue weighted by Crippen LogP contribution is 2.27. The normalized spacial score (nSPS) is 11.1. The van der Waals surface area contributed by atoms with Crippen LogP contribution in [0.2, 0.25) is 0 Å². The maximum atomic E-state index is 12.1. The van der Waals surface area contributed by atoms with E-state index in [-0.39, 0.29) is 5.56 Å². The summed E-state index contributed by atoms with van der Waals surface area (Å²) in [5, 5.41) is 10.4. The number of nitrogens with one attached hydrogen (secondary N) is 1. The SMILES string of the molecule is Cc1cc(C)c2[nH]c(=O)cc(CSc3nnc(COc4ccccc4)n3C)c2c1. The molecule has 29 heavy (non-hydrogen) atoms. The van der Waals surface area contributed by atoms with Gasteiger partial charge in [-0.05, 0) is 43.2 Å². The number of aromatic amines is 1. The molecule has 148 valence electrons. The maximum absolute atomic E-state index is 12.1. The lowest BCUT2D eigenvalue weighted by atomic mass is 10.0. The molecule has 0 aliphatic heterocycles. The fourth-order valence-corrected chi connectivity index (χ4v) is 4.23. The number of aromatic nitrogens is 4. The number of hydrogen-bond acceptors (Lipinski definition) is 5. The van der Waals surface area contributed by atoms with Gasteiger partial charge in [0, 0.05) is 24.3 Å². The van der Waals surface area contributed by atoms with Gasteiger partial charge in [0.1, 0.15) is 12.4 Å². The fourth-order valence-electron chi connectivity index (χ4n) is 3.30. The van der Waals surface area contributed by atoms with E-state index in [4.69, 9.17) is 4.74 Å². The van der Waals surface area contributed by atoms with Gasteiger partial charge < -0.3 is 14.3 Å². The molecule has 7 heteroatoms. The molecule has 2 aromatic heterocycles. The molecule has 0 aliphatic rings. The molecule has 0 fully saturated rings. The number of nitrogens with zero attached hydrogens (tertiary/aromatic N) is 3. The molecule has 4 rings (SSSR count). The van der Waals surface area contributed by atoms with Crippen LogP contribution in [0.3, 0.4) is 0 Å². The molecule has 1 N–H and O–H groups in total. The Hall–Kier alpha value is -3.06. The topological polar surface area (TPSA) is 72.8 Å². The number of benzene rings is 2. The Balaban J connectivity index is 1.53. The Morgan fingerprint density at radius 1 is 1.10 bits per heavy atom. The van der Waals surface area contributed by atoms with Gasteiger partial charge in [-0.15, -0.1) is 10.2 Å². The molecule has 0 amide bonds. The Bertz CT molecular complexity index is 1210. The first-order valence-corrected chi connectivity index (χ1v) is 10.3. The van der Waals surface area contributed by atoms with Crippen molar-refractivity contribution in [3.63, 3.8) is 0 Å². The van der Waals surface area contributed by atoms with Crippen molar-refractivity contribution in [2.45, 2.75) is 31.4 Å². The fraction of sp³-hybridized carbons (Fsp3) is 0.227. The van der Waals surface area contributed by atoms with Crippen LogP contribution in [-0.2, 0) is 19.4 Å². The van der Waals surface area contributed by atoms with Crippen molar-refractivity contribution in [3.8, 4) is 5.75 Å². The van der Waals surface area contributed by atoms with Gasteiger partial charge in [-0.3, -0.25) is 4.79 Å². The average molecular weight is 407 g/mol. The lowest BCUT2D eigenvalue weighted by Crippen LogP contribution is -2.07. The molecular weight excluding hydrogens is 384 g/mol. The molecular formula is C22H22N4O2S. The van der Waals surface area contributed by atoms with Crippen LogP contribution >= 0.6 is 11.8 Å². The largest absolute Gasteiger partial charge is 0.486 e. The summed E-state index contributed by atoms with van der Waals surface area (Å²) in [6.07, 6.45) is 0. The minimum atomic E-state index is -0.0880. The molecule has 0 spiro atoms. The Morgan fingerprint density at radius 2 is 1.90 bits per heavy atom. The van der Waals surface area contributed by atoms with Crippen LogP contribution in [-0.4, -0.2) is 19.7 Å². The summed E-state index contributed by atoms with van der Waals surface area (Å²) in [7, 11) is 1.93. The first kappa shape index (κ1) is 19.3. The monoisotopic (exact) mass is 406 g/mol. The molecule has 0 bridgehead atoms. The number of para-hydroxylation sites is 1. The van der Waals surface area contributed by atoms with Gasteiger partial charge in [-0.25, -0.2) is 0 Å². The highest BCUT2D eigenvalue weighted by molar-refractivity contribution is 7.98. The average Bonchev–Trinajstić information content (AvgIpc) is 3.05. The standard InChI is InChI=1S/C22H22N4O2S/c1-14-9-15(2)21-18(10-14)16(11-20(27)23-21)13-29-22-25-24-19(26(22)3)12-28-17-7-5-4-6-8-17/h4-11H,12-13H2,1-3H3,(H,23,27). The zero-order valence-corrected chi connectivity index (χ0v) is 17.4. The Morgan fingerprint density at radius 3 is 2.69 bits per heavy atom. The van der Waals surface area contributed by atoms with Crippen LogP contribution in [0.4, 0.5) is 0 Å². The van der Waals surface area contributed by atoms with Gasteiger partial charge in [-0.1, -0.05) is 41.6 Å². The number of fused-ring (bicyclic) bond motifs is 1. The van der Waals surface area contributed by atoms with Gasteiger partial charge in [0.25, 0.3) is 0 Å². The van der Waals surface area contributed by atoms with Crippen molar-refractivity contribution >= 4 is 22.7 Å². The van der Waals surface area contributed by atoms with E-state index in [2.05, 4.69) is 34.2 Å². The smallest absolute Gasteiger partial charge is 0.248 e. The molecule has 0 atom stereocenters. The maximum Gasteiger partial charge on any atom is 0.248 e. The summed E-state index contributed by atoms with van der Waals surface area (Å²) in [5.41, 5.74) is 4.05. The third-order valence-electron chi connectivity index (χ3n) is 4.77. The number of ether oxygens (including phenoxy) is 1. The van der Waals surface area contributed by atoms with Crippen molar-refractivity contribution in [1.29, 1.82) is 0 Å². The number of pyridine rings is 1. The van der Waals surface area contributed by atoms with Crippen molar-refractivity contribution in [3.05, 3.63) is 81.4 Å². The third kappa shape index (κ3) is 4.19. The van der Waals surface area contributed by atoms with Crippen LogP contribution in [0.15, 0.2) is 58.5 Å². The summed E-state index contributed by atoms with van der Waals surface area (Å²) >= 11 is 1.56. The van der Waals surface area contributed by atoms with Gasteiger partial charge in [0.05, 0.1) is 5.52 Å². The predicted molar refractivity (Wildman–Crippen MR) is 115 cm³/mol. The van der Waals surface area contributed by atoms with Gasteiger partial charge in [-0.2, -0.15) is 0 Å². The molecule has 6 nitrogen and oxygen atoms in total. The summed E-state index contributed by atoms with van der Waals surface area (Å²) in [5.74, 6) is 2.18. The number of H-pyrrole nitrogens is 1. The lowest BCUT2D eigenvalue weighted by molar-refractivity contribution is 0.290. The summed E-state index contributed by atoms with van der Waals surface area (Å²) < 4.78 is 7.70. The second-order valence-electron chi connectivity index (χ2n) is 7.01. The van der Waals surface area contributed by atoms with Gasteiger partial charge in [0.2, 0.25) is 5.56 Å². The van der Waals surface area contributed by atoms with Crippen LogP contribution in [0.25, 0.3) is 10.9 Å². The molecule has 4 aromatic rings. The number of aryl methyl sites for hydroxylation is 2. The summed E-state index contributed by atoms with van der Waals surface area (Å²) in [4.78, 5) is 15.1. The molecule has 2 heterocycles. The van der Waals surface area contributed by atoms with Crippen molar-refractivity contribution in [1.82, 2.24) is 19.7 Å².